The number of carbonyl (C=O) groups excluding carboxylic acids is 3. The van der Waals surface area contributed by atoms with Gasteiger partial charge >= 0.3 is 12.2 Å². The second-order valence-corrected chi connectivity index (χ2v) is 12.3. The van der Waals surface area contributed by atoms with E-state index < -0.39 is 23.7 Å². The molecule has 8 nitrogen and oxygen atoms in total. The van der Waals surface area contributed by atoms with Crippen LogP contribution in [-0.2, 0) is 33.7 Å². The molecule has 0 spiro atoms. The first-order valence-electron chi connectivity index (χ1n) is 14.9. The van der Waals surface area contributed by atoms with Crippen LogP contribution in [0.15, 0.2) is 84.9 Å². The molecule has 0 radical (unpaired) electrons. The van der Waals surface area contributed by atoms with E-state index in [1.165, 1.54) is 4.90 Å². The molecule has 43 heavy (non-hydrogen) atoms. The zero-order valence-electron chi connectivity index (χ0n) is 25.1. The van der Waals surface area contributed by atoms with Crippen LogP contribution in [0.25, 0.3) is 0 Å². The van der Waals surface area contributed by atoms with Crippen molar-refractivity contribution in [1.29, 1.82) is 0 Å². The van der Waals surface area contributed by atoms with Crippen LogP contribution in [0.5, 0.6) is 5.75 Å². The molecule has 8 heteroatoms. The van der Waals surface area contributed by atoms with Crippen molar-refractivity contribution in [3.63, 3.8) is 0 Å². The molecule has 2 fully saturated rings. The highest BCUT2D eigenvalue weighted by Gasteiger charge is 2.45. The minimum Gasteiger partial charge on any atom is -0.489 e. The molecule has 0 aliphatic carbocycles. The van der Waals surface area contributed by atoms with E-state index in [0.717, 1.165) is 16.7 Å². The maximum absolute atomic E-state index is 14.3. The van der Waals surface area contributed by atoms with Gasteiger partial charge in [-0.1, -0.05) is 72.8 Å². The third-order valence-electron chi connectivity index (χ3n) is 7.88. The Labute approximate surface area is 253 Å². The monoisotopic (exact) mass is 584 g/mol. The lowest BCUT2D eigenvalue weighted by Gasteiger charge is -2.29. The van der Waals surface area contributed by atoms with Crippen LogP contribution in [0.2, 0.25) is 0 Å². The highest BCUT2D eigenvalue weighted by molar-refractivity contribution is 5.95. The Morgan fingerprint density at radius 1 is 0.930 bits per heavy atom. The summed E-state index contributed by atoms with van der Waals surface area (Å²) >= 11 is 0. The highest BCUT2D eigenvalue weighted by Crippen LogP contribution is 2.33. The van der Waals surface area contributed by atoms with Gasteiger partial charge in [0.15, 0.2) is 0 Å². The molecular formula is C35H40N2O6. The molecule has 3 aromatic rings. The quantitative estimate of drug-likeness (QED) is 0.295. The minimum atomic E-state index is -0.617. The van der Waals surface area contributed by atoms with Gasteiger partial charge in [0, 0.05) is 19.0 Å². The molecule has 3 aromatic carbocycles. The van der Waals surface area contributed by atoms with Crippen LogP contribution in [0.3, 0.4) is 0 Å². The molecule has 2 heterocycles. The van der Waals surface area contributed by atoms with Crippen molar-refractivity contribution in [2.24, 2.45) is 11.8 Å². The third-order valence-corrected chi connectivity index (χ3v) is 7.88. The molecule has 0 bridgehead atoms. The second kappa shape index (κ2) is 13.3. The molecule has 226 valence electrons. The number of hydrogen-bond donors (Lipinski definition) is 0. The van der Waals surface area contributed by atoms with Crippen molar-refractivity contribution in [2.45, 2.75) is 58.3 Å². The van der Waals surface area contributed by atoms with Crippen LogP contribution in [0, 0.1) is 11.8 Å². The Morgan fingerprint density at radius 2 is 1.60 bits per heavy atom. The lowest BCUT2D eigenvalue weighted by molar-refractivity contribution is -0.135. The van der Waals surface area contributed by atoms with Crippen molar-refractivity contribution in [2.75, 3.05) is 19.7 Å². The van der Waals surface area contributed by atoms with E-state index in [0.29, 0.717) is 44.7 Å². The summed E-state index contributed by atoms with van der Waals surface area (Å²) in [5.74, 6) is -0.257. The predicted molar refractivity (Wildman–Crippen MR) is 162 cm³/mol. The summed E-state index contributed by atoms with van der Waals surface area (Å²) in [6, 6.07) is 27.1. The van der Waals surface area contributed by atoms with Crippen LogP contribution in [0.1, 0.15) is 43.9 Å². The Kier molecular flexibility index (Phi) is 9.34. The zero-order valence-corrected chi connectivity index (χ0v) is 25.1. The maximum atomic E-state index is 14.3. The van der Waals surface area contributed by atoms with E-state index >= 15 is 0 Å². The van der Waals surface area contributed by atoms with Gasteiger partial charge < -0.3 is 19.1 Å². The standard InChI is InChI=1S/C35H40N2O6/c1-35(2,3)43-33(39)36-18-17-28(22-36)31(21-27-15-10-16-30(20-27)41-23-26-13-8-5-9-14-26)32(38)37-29(24-42-34(37)40)19-25-11-6-4-7-12-25/h4-16,20,28-29,31H,17-19,21-24H2,1-3H3/t28-,29-,31-/m0/s1. The normalized spacial score (nSPS) is 19.2. The molecule has 3 atom stereocenters. The SMILES string of the molecule is CC(C)(C)OC(=O)N1CC[C@H]([C@H](Cc2cccc(OCc3ccccc3)c2)C(=O)N2C(=O)OC[C@@H]2Cc2ccccc2)C1. The number of amides is 3. The number of rotatable bonds is 9. The van der Waals surface area contributed by atoms with E-state index in [4.69, 9.17) is 14.2 Å². The Morgan fingerprint density at radius 3 is 2.30 bits per heavy atom. The number of carbonyl (C=O) groups is 3. The van der Waals surface area contributed by atoms with Gasteiger partial charge in [-0.3, -0.25) is 4.79 Å². The first-order valence-corrected chi connectivity index (χ1v) is 14.9. The van der Waals surface area contributed by atoms with Gasteiger partial charge in [0.05, 0.1) is 6.04 Å². The number of benzene rings is 3. The van der Waals surface area contributed by atoms with E-state index in [2.05, 4.69) is 0 Å². The fourth-order valence-electron chi connectivity index (χ4n) is 5.77. The second-order valence-electron chi connectivity index (χ2n) is 12.3. The summed E-state index contributed by atoms with van der Waals surface area (Å²) in [6.45, 7) is 6.96. The van der Waals surface area contributed by atoms with E-state index in [1.54, 1.807) is 4.90 Å². The first-order chi connectivity index (χ1) is 20.7. The molecule has 0 aromatic heterocycles. The summed E-state index contributed by atoms with van der Waals surface area (Å²) < 4.78 is 17.1. The molecule has 2 saturated heterocycles. The third kappa shape index (κ3) is 7.95. The predicted octanol–water partition coefficient (Wildman–Crippen LogP) is 6.27. The molecule has 0 saturated carbocycles. The van der Waals surface area contributed by atoms with Crippen LogP contribution in [-0.4, -0.2) is 59.2 Å². The number of likely N-dealkylation sites (tertiary alicyclic amines) is 1. The van der Waals surface area contributed by atoms with Gasteiger partial charge in [-0.25, -0.2) is 14.5 Å². The van der Waals surface area contributed by atoms with Crippen molar-refractivity contribution < 1.29 is 28.6 Å². The van der Waals surface area contributed by atoms with Gasteiger partial charge in [0.2, 0.25) is 5.91 Å². The van der Waals surface area contributed by atoms with Gasteiger partial charge in [-0.2, -0.15) is 0 Å². The number of nitrogens with zero attached hydrogens (tertiary/aromatic N) is 2. The summed E-state index contributed by atoms with van der Waals surface area (Å²) in [6.07, 6.45) is 0.544. The Hall–Kier alpha value is -4.33. The van der Waals surface area contributed by atoms with Crippen molar-refractivity contribution in [3.05, 3.63) is 102 Å². The largest absolute Gasteiger partial charge is 0.489 e. The van der Waals surface area contributed by atoms with Crippen LogP contribution < -0.4 is 4.74 Å². The van der Waals surface area contributed by atoms with E-state index in [9.17, 15) is 14.4 Å². The molecule has 5 rings (SSSR count). The Balaban J connectivity index is 1.36. The van der Waals surface area contributed by atoms with Crippen LogP contribution in [0.4, 0.5) is 9.59 Å². The number of hydrogen-bond acceptors (Lipinski definition) is 6. The van der Waals surface area contributed by atoms with Gasteiger partial charge in [0.25, 0.3) is 0 Å². The fourth-order valence-corrected chi connectivity index (χ4v) is 5.77. The summed E-state index contributed by atoms with van der Waals surface area (Å²) in [5, 5.41) is 0. The zero-order chi connectivity index (χ0) is 30.4. The minimum absolute atomic E-state index is 0.153. The summed E-state index contributed by atoms with van der Waals surface area (Å²) in [4.78, 5) is 43.1. The summed E-state index contributed by atoms with van der Waals surface area (Å²) in [7, 11) is 0. The van der Waals surface area contributed by atoms with E-state index in [-0.39, 0.29) is 24.5 Å². The topological polar surface area (TPSA) is 85.4 Å². The average Bonchev–Trinajstić information content (AvgIpc) is 3.62. The van der Waals surface area contributed by atoms with Crippen molar-refractivity contribution in [3.8, 4) is 5.75 Å². The molecular weight excluding hydrogens is 544 g/mol. The Bertz CT molecular complexity index is 1400. The smallest absolute Gasteiger partial charge is 0.416 e. The molecule has 3 amide bonds. The fraction of sp³-hybridized carbons (Fsp3) is 0.400. The van der Waals surface area contributed by atoms with Crippen molar-refractivity contribution >= 4 is 18.1 Å². The number of imide groups is 1. The first kappa shape index (κ1) is 30.1. The van der Waals surface area contributed by atoms with Gasteiger partial charge in [0.1, 0.15) is 24.6 Å². The molecule has 0 N–H and O–H groups in total. The van der Waals surface area contributed by atoms with Gasteiger partial charge in [-0.05, 0) is 74.8 Å². The lowest BCUT2D eigenvalue weighted by Crippen LogP contribution is -2.46. The van der Waals surface area contributed by atoms with E-state index in [1.807, 2.05) is 106 Å². The van der Waals surface area contributed by atoms with Gasteiger partial charge in [-0.15, -0.1) is 0 Å². The van der Waals surface area contributed by atoms with Crippen LogP contribution >= 0.6 is 0 Å². The molecule has 2 aliphatic rings. The molecule has 0 unspecified atom stereocenters. The average molecular weight is 585 g/mol. The van der Waals surface area contributed by atoms with Crippen molar-refractivity contribution in [1.82, 2.24) is 9.80 Å². The maximum Gasteiger partial charge on any atom is 0.416 e. The molecule has 2 aliphatic heterocycles. The number of ether oxygens (including phenoxy) is 3. The lowest BCUT2D eigenvalue weighted by atomic mass is 9.84. The summed E-state index contributed by atoms with van der Waals surface area (Å²) in [5.41, 5.74) is 2.40. The highest BCUT2D eigenvalue weighted by atomic mass is 16.6. The number of cyclic esters (lactones) is 1.